The van der Waals surface area contributed by atoms with E-state index >= 15 is 0 Å². The minimum atomic E-state index is -1.58. The number of oxime groups is 1. The van der Waals surface area contributed by atoms with Crippen LogP contribution in [-0.2, 0) is 19.0 Å². The summed E-state index contributed by atoms with van der Waals surface area (Å²) in [5, 5.41) is 33.6. The van der Waals surface area contributed by atoms with Crippen LogP contribution in [0.2, 0.25) is 0 Å². The number of morpholine rings is 1. The van der Waals surface area contributed by atoms with Gasteiger partial charge in [-0.25, -0.2) is 17.9 Å². The van der Waals surface area contributed by atoms with E-state index in [9.17, 15) is 23.4 Å². The summed E-state index contributed by atoms with van der Waals surface area (Å²) in [6, 6.07) is 1.31. The first-order chi connectivity index (χ1) is 20.3. The molecule has 5 atom stereocenters. The third-order valence-electron chi connectivity index (χ3n) is 9.09. The number of benzene rings is 1. The van der Waals surface area contributed by atoms with E-state index in [2.05, 4.69) is 20.4 Å². The number of aliphatic hydroxyl groups excluding tert-OH is 2. The second-order valence-corrected chi connectivity index (χ2v) is 11.6. The predicted molar refractivity (Wildman–Crippen MR) is 142 cm³/mol. The smallest absolute Gasteiger partial charge is 0.194 e. The Hall–Kier alpha value is -2.62. The maximum absolute atomic E-state index is 13.8. The van der Waals surface area contributed by atoms with Gasteiger partial charge in [-0.3, -0.25) is 4.90 Å². The Morgan fingerprint density at radius 3 is 2.48 bits per heavy atom. The monoisotopic (exact) mass is 595 g/mol. The van der Waals surface area contributed by atoms with Crippen molar-refractivity contribution in [2.24, 2.45) is 5.16 Å². The van der Waals surface area contributed by atoms with Gasteiger partial charge in [0, 0.05) is 44.6 Å². The zero-order chi connectivity index (χ0) is 29.4. The summed E-state index contributed by atoms with van der Waals surface area (Å²) >= 11 is 0. The normalized spacial score (nSPS) is 34.0. The first-order valence-corrected chi connectivity index (χ1v) is 14.4. The highest BCUT2D eigenvalue weighted by Crippen LogP contribution is 2.42. The number of rotatable bonds is 7. The molecule has 1 aromatic heterocycles. The standard InChI is InChI=1S/C28H36F3N5O6/c1-39-27-22(12-17-13-28(42-33-17)4-2-18(3-5-28)35-6-8-40-9-7-35)41-23(15-37)26(38)25(27)36-14-21(32-34-36)16-10-19(29)24(31)20(30)11-16/h10-11,14,18,22-23,25-27,37-38H,2-9,12-13,15H2,1H3/t18?,22-,23-,25+,26+,27+,28?/m1/s1. The minimum Gasteiger partial charge on any atom is -0.394 e. The Kier molecular flexibility index (Phi) is 8.53. The van der Waals surface area contributed by atoms with E-state index in [-0.39, 0.29) is 16.9 Å². The summed E-state index contributed by atoms with van der Waals surface area (Å²) < 4.78 is 59.9. The second kappa shape index (κ2) is 12.2. The molecule has 14 heteroatoms. The van der Waals surface area contributed by atoms with E-state index < -0.39 is 54.5 Å². The number of aliphatic hydroxyl groups is 2. The van der Waals surface area contributed by atoms with Crippen LogP contribution in [0.25, 0.3) is 11.3 Å². The van der Waals surface area contributed by atoms with E-state index in [1.54, 1.807) is 0 Å². The molecule has 3 aliphatic heterocycles. The molecule has 2 saturated heterocycles. The summed E-state index contributed by atoms with van der Waals surface area (Å²) in [7, 11) is 1.48. The third kappa shape index (κ3) is 5.67. The largest absolute Gasteiger partial charge is 0.394 e. The van der Waals surface area contributed by atoms with Crippen molar-refractivity contribution in [3.63, 3.8) is 0 Å². The molecular formula is C28H36F3N5O6. The average molecular weight is 596 g/mol. The second-order valence-electron chi connectivity index (χ2n) is 11.6. The van der Waals surface area contributed by atoms with Crippen LogP contribution in [0, 0.1) is 17.5 Å². The van der Waals surface area contributed by atoms with E-state index in [0.29, 0.717) is 18.9 Å². The zero-order valence-corrected chi connectivity index (χ0v) is 23.4. The summed E-state index contributed by atoms with van der Waals surface area (Å²) in [5.74, 6) is -4.29. The lowest BCUT2D eigenvalue weighted by Gasteiger charge is -2.44. The van der Waals surface area contributed by atoms with Crippen molar-refractivity contribution in [1.82, 2.24) is 19.9 Å². The molecule has 230 valence electrons. The van der Waals surface area contributed by atoms with Crippen LogP contribution in [0.15, 0.2) is 23.5 Å². The number of nitrogens with zero attached hydrogens (tertiary/aromatic N) is 5. The molecule has 1 aromatic carbocycles. The Morgan fingerprint density at radius 1 is 1.10 bits per heavy atom. The molecule has 11 nitrogen and oxygen atoms in total. The molecule has 0 bridgehead atoms. The van der Waals surface area contributed by atoms with E-state index in [0.717, 1.165) is 69.8 Å². The third-order valence-corrected chi connectivity index (χ3v) is 9.09. The molecule has 4 heterocycles. The minimum absolute atomic E-state index is 0.0190. The lowest BCUT2D eigenvalue weighted by Crippen LogP contribution is -2.57. The molecule has 6 rings (SSSR count). The van der Waals surface area contributed by atoms with Crippen LogP contribution in [0.3, 0.4) is 0 Å². The molecule has 0 radical (unpaired) electrons. The van der Waals surface area contributed by atoms with Crippen molar-refractivity contribution in [3.05, 3.63) is 35.8 Å². The molecule has 2 N–H and O–H groups in total. The average Bonchev–Trinajstić information content (AvgIpc) is 3.64. The number of ether oxygens (including phenoxy) is 3. The zero-order valence-electron chi connectivity index (χ0n) is 23.4. The van der Waals surface area contributed by atoms with Crippen LogP contribution in [0.1, 0.15) is 44.6 Å². The van der Waals surface area contributed by atoms with Gasteiger partial charge in [0.05, 0.1) is 37.8 Å². The molecular weight excluding hydrogens is 559 g/mol. The van der Waals surface area contributed by atoms with Crippen LogP contribution in [-0.4, -0.2) is 112 Å². The fourth-order valence-corrected chi connectivity index (χ4v) is 6.83. The van der Waals surface area contributed by atoms with Gasteiger partial charge in [-0.1, -0.05) is 10.4 Å². The lowest BCUT2D eigenvalue weighted by atomic mass is 9.78. The van der Waals surface area contributed by atoms with Gasteiger partial charge >= 0.3 is 0 Å². The van der Waals surface area contributed by atoms with Crippen molar-refractivity contribution >= 4 is 5.71 Å². The molecule has 1 saturated carbocycles. The maximum atomic E-state index is 13.8. The van der Waals surface area contributed by atoms with Gasteiger partial charge in [0.1, 0.15) is 35.6 Å². The number of hydrogen-bond donors (Lipinski definition) is 2. The molecule has 4 aliphatic rings. The fraction of sp³-hybridized carbons (Fsp3) is 0.679. The molecule has 0 amide bonds. The van der Waals surface area contributed by atoms with Gasteiger partial charge in [-0.15, -0.1) is 5.10 Å². The molecule has 3 fully saturated rings. The fourth-order valence-electron chi connectivity index (χ4n) is 6.83. The van der Waals surface area contributed by atoms with Crippen molar-refractivity contribution < 1.29 is 42.4 Å². The highest BCUT2D eigenvalue weighted by Gasteiger charge is 2.49. The Morgan fingerprint density at radius 2 is 1.81 bits per heavy atom. The van der Waals surface area contributed by atoms with E-state index in [4.69, 9.17) is 19.0 Å². The molecule has 1 aliphatic carbocycles. The molecule has 2 aromatic rings. The molecule has 1 spiro atoms. The van der Waals surface area contributed by atoms with Crippen molar-refractivity contribution in [3.8, 4) is 11.3 Å². The van der Waals surface area contributed by atoms with Crippen molar-refractivity contribution in [2.45, 2.75) is 80.6 Å². The maximum Gasteiger partial charge on any atom is 0.194 e. The highest BCUT2D eigenvalue weighted by molar-refractivity contribution is 5.86. The Bertz CT molecular complexity index is 1260. The van der Waals surface area contributed by atoms with Crippen LogP contribution in [0.5, 0.6) is 0 Å². The van der Waals surface area contributed by atoms with E-state index in [1.807, 2.05) is 0 Å². The number of halogens is 3. The van der Waals surface area contributed by atoms with Gasteiger partial charge < -0.3 is 29.3 Å². The Labute approximate surface area is 241 Å². The highest BCUT2D eigenvalue weighted by atomic mass is 19.2. The topological polar surface area (TPSA) is 124 Å². The number of hydrogen-bond acceptors (Lipinski definition) is 10. The van der Waals surface area contributed by atoms with Crippen LogP contribution in [0.4, 0.5) is 13.2 Å². The summed E-state index contributed by atoms with van der Waals surface area (Å²) in [5.41, 5.74) is 0.525. The Balaban J connectivity index is 1.15. The first kappa shape index (κ1) is 29.5. The van der Waals surface area contributed by atoms with Crippen LogP contribution >= 0.6 is 0 Å². The molecule has 0 unspecified atom stereocenters. The lowest BCUT2D eigenvalue weighted by molar-refractivity contribution is -0.210. The predicted octanol–water partition coefficient (Wildman–Crippen LogP) is 2.22. The van der Waals surface area contributed by atoms with Crippen molar-refractivity contribution in [2.75, 3.05) is 40.0 Å². The van der Waals surface area contributed by atoms with Crippen LogP contribution < -0.4 is 0 Å². The van der Waals surface area contributed by atoms with Gasteiger partial charge in [0.2, 0.25) is 0 Å². The summed E-state index contributed by atoms with van der Waals surface area (Å²) in [6.07, 6.45) is 2.70. The van der Waals surface area contributed by atoms with Crippen molar-refractivity contribution in [1.29, 1.82) is 0 Å². The summed E-state index contributed by atoms with van der Waals surface area (Å²) in [4.78, 5) is 8.55. The van der Waals surface area contributed by atoms with Gasteiger partial charge in [-0.2, -0.15) is 0 Å². The summed E-state index contributed by atoms with van der Waals surface area (Å²) in [6.45, 7) is 3.01. The number of methoxy groups -OCH3 is 1. The SMILES string of the molecule is CO[C@@H]1[C@@H](n2cc(-c3cc(F)c(F)c(F)c3)nn2)[C@@H](O)[C@@H](CO)O[C@@H]1CC1=NOC2(CCC(N3CCOCC3)CC2)C1. The van der Waals surface area contributed by atoms with Gasteiger partial charge in [0.15, 0.2) is 17.5 Å². The number of aromatic nitrogens is 3. The quantitative estimate of drug-likeness (QED) is 0.464. The van der Waals surface area contributed by atoms with Gasteiger partial charge in [-0.05, 0) is 37.8 Å². The van der Waals surface area contributed by atoms with E-state index in [1.165, 1.54) is 18.0 Å². The molecule has 42 heavy (non-hydrogen) atoms. The first-order valence-electron chi connectivity index (χ1n) is 14.4. The van der Waals surface area contributed by atoms with Gasteiger partial charge in [0.25, 0.3) is 0 Å².